The van der Waals surface area contributed by atoms with E-state index in [9.17, 15) is 0 Å². The molecule has 9 heteroatoms. The third-order valence-electron chi connectivity index (χ3n) is 4.10. The number of nitrogens with zero attached hydrogens (tertiary/aromatic N) is 5. The van der Waals surface area contributed by atoms with Crippen LogP contribution in [0.1, 0.15) is 17.8 Å². The van der Waals surface area contributed by atoms with Gasteiger partial charge in [-0.2, -0.15) is 4.98 Å². The fourth-order valence-corrected chi connectivity index (χ4v) is 2.89. The van der Waals surface area contributed by atoms with Gasteiger partial charge in [0.2, 0.25) is 11.7 Å². The lowest BCUT2D eigenvalue weighted by Gasteiger charge is -2.34. The molecule has 1 atom stereocenters. The number of furan rings is 1. The highest BCUT2D eigenvalue weighted by Crippen LogP contribution is 2.23. The summed E-state index contributed by atoms with van der Waals surface area (Å²) >= 11 is 0. The number of aromatic nitrogens is 4. The zero-order chi connectivity index (χ0) is 15.6. The van der Waals surface area contributed by atoms with E-state index in [1.165, 1.54) is 0 Å². The van der Waals surface area contributed by atoms with Crippen molar-refractivity contribution in [3.05, 3.63) is 42.7 Å². The van der Waals surface area contributed by atoms with Crippen molar-refractivity contribution in [2.75, 3.05) is 19.6 Å². The molecule has 8 nitrogen and oxygen atoms in total. The van der Waals surface area contributed by atoms with Crippen molar-refractivity contribution in [3.8, 4) is 11.4 Å². The van der Waals surface area contributed by atoms with Crippen molar-refractivity contribution < 1.29 is 8.94 Å². The Morgan fingerprint density at radius 1 is 1.42 bits per heavy atom. The monoisotopic (exact) mass is 350 g/mol. The predicted molar refractivity (Wildman–Crippen MR) is 88.5 cm³/mol. The van der Waals surface area contributed by atoms with E-state index >= 15 is 0 Å². The average molecular weight is 351 g/mol. The van der Waals surface area contributed by atoms with E-state index in [0.717, 1.165) is 31.0 Å². The number of imidazole rings is 1. The molecule has 1 aliphatic heterocycles. The van der Waals surface area contributed by atoms with E-state index in [-0.39, 0.29) is 18.4 Å². The molecule has 4 rings (SSSR count). The number of rotatable bonds is 4. The lowest BCUT2D eigenvalue weighted by Crippen LogP contribution is -2.46. The Labute approximate surface area is 145 Å². The highest BCUT2D eigenvalue weighted by atomic mass is 35.5. The molecule has 3 aromatic rings. The van der Waals surface area contributed by atoms with Gasteiger partial charge in [0.25, 0.3) is 0 Å². The van der Waals surface area contributed by atoms with Crippen molar-refractivity contribution in [1.82, 2.24) is 29.9 Å². The van der Waals surface area contributed by atoms with Crippen LogP contribution in [0, 0.1) is 0 Å². The summed E-state index contributed by atoms with van der Waals surface area (Å²) in [6.07, 6.45) is 6.99. The minimum Gasteiger partial charge on any atom is -0.472 e. The lowest BCUT2D eigenvalue weighted by molar-refractivity contribution is 0.128. The summed E-state index contributed by atoms with van der Waals surface area (Å²) < 4.78 is 12.5. The largest absolute Gasteiger partial charge is 0.472 e. The SMILES string of the molecule is Cl.Cn1ccnc1C1CNCCN1Cc1nc(-c2ccoc2)no1. The Morgan fingerprint density at radius 2 is 2.33 bits per heavy atom. The molecule has 0 aromatic carbocycles. The van der Waals surface area contributed by atoms with Gasteiger partial charge in [-0.05, 0) is 6.07 Å². The number of aryl methyl sites for hydroxylation is 1. The van der Waals surface area contributed by atoms with Crippen LogP contribution in [0.2, 0.25) is 0 Å². The first kappa shape index (κ1) is 16.7. The van der Waals surface area contributed by atoms with Gasteiger partial charge in [0.15, 0.2) is 0 Å². The smallest absolute Gasteiger partial charge is 0.241 e. The Bertz CT molecular complexity index is 769. The quantitative estimate of drug-likeness (QED) is 0.765. The van der Waals surface area contributed by atoms with Gasteiger partial charge in [-0.1, -0.05) is 5.16 Å². The number of piperazine rings is 1. The molecular weight excluding hydrogens is 332 g/mol. The molecule has 1 saturated heterocycles. The second kappa shape index (κ2) is 7.16. The van der Waals surface area contributed by atoms with Gasteiger partial charge < -0.3 is 18.8 Å². The second-order valence-corrected chi connectivity index (χ2v) is 5.61. The molecule has 1 N–H and O–H groups in total. The van der Waals surface area contributed by atoms with Gasteiger partial charge in [0.1, 0.15) is 12.1 Å². The maximum absolute atomic E-state index is 5.40. The molecule has 4 heterocycles. The second-order valence-electron chi connectivity index (χ2n) is 5.61. The topological polar surface area (TPSA) is 85.2 Å². The summed E-state index contributed by atoms with van der Waals surface area (Å²) in [5, 5.41) is 7.44. The lowest BCUT2D eigenvalue weighted by atomic mass is 10.1. The van der Waals surface area contributed by atoms with Crippen LogP contribution in [0.15, 0.2) is 39.9 Å². The number of hydrogen-bond acceptors (Lipinski definition) is 7. The molecule has 24 heavy (non-hydrogen) atoms. The van der Waals surface area contributed by atoms with Crippen molar-refractivity contribution >= 4 is 12.4 Å². The Morgan fingerprint density at radius 3 is 3.08 bits per heavy atom. The fourth-order valence-electron chi connectivity index (χ4n) is 2.89. The molecule has 128 valence electrons. The summed E-state index contributed by atoms with van der Waals surface area (Å²) in [7, 11) is 2.01. The normalized spacial score (nSPS) is 18.5. The summed E-state index contributed by atoms with van der Waals surface area (Å²) in [5.74, 6) is 2.19. The van der Waals surface area contributed by atoms with Crippen LogP contribution < -0.4 is 5.32 Å². The summed E-state index contributed by atoms with van der Waals surface area (Å²) in [5.41, 5.74) is 0.820. The first-order valence-corrected chi connectivity index (χ1v) is 7.58. The Hall–Kier alpha value is -2.16. The highest BCUT2D eigenvalue weighted by Gasteiger charge is 2.28. The van der Waals surface area contributed by atoms with Gasteiger partial charge in [0.05, 0.1) is 24.4 Å². The molecule has 3 aromatic heterocycles. The third-order valence-corrected chi connectivity index (χ3v) is 4.10. The fraction of sp³-hybridized carbons (Fsp3) is 0.400. The molecule has 1 fully saturated rings. The summed E-state index contributed by atoms with van der Waals surface area (Å²) in [4.78, 5) is 11.2. The number of nitrogens with one attached hydrogen (secondary N) is 1. The van der Waals surface area contributed by atoms with E-state index in [1.807, 2.05) is 25.5 Å². The zero-order valence-electron chi connectivity index (χ0n) is 13.3. The maximum Gasteiger partial charge on any atom is 0.241 e. The Balaban J connectivity index is 0.00000169. The van der Waals surface area contributed by atoms with Gasteiger partial charge in [-0.25, -0.2) is 4.98 Å². The molecule has 1 aliphatic rings. The first-order valence-electron chi connectivity index (χ1n) is 7.58. The summed E-state index contributed by atoms with van der Waals surface area (Å²) in [6.45, 7) is 3.29. The van der Waals surface area contributed by atoms with Crippen LogP contribution in [0.4, 0.5) is 0 Å². The Kier molecular flexibility index (Phi) is 4.98. The van der Waals surface area contributed by atoms with Crippen LogP contribution in [0.3, 0.4) is 0 Å². The average Bonchev–Trinajstić information content (AvgIpc) is 3.29. The highest BCUT2D eigenvalue weighted by molar-refractivity contribution is 5.85. The predicted octanol–water partition coefficient (Wildman–Crippen LogP) is 1.63. The standard InChI is InChI=1S/C15H18N6O2.ClH/c1-20-5-4-17-15(20)12-8-16-3-6-21(12)9-13-18-14(19-23-13)11-2-7-22-10-11;/h2,4-5,7,10,12,16H,3,6,8-9H2,1H3;1H. The maximum atomic E-state index is 5.40. The van der Waals surface area contributed by atoms with E-state index in [0.29, 0.717) is 18.3 Å². The van der Waals surface area contributed by atoms with Crippen LogP contribution in [-0.4, -0.2) is 44.2 Å². The zero-order valence-corrected chi connectivity index (χ0v) is 14.1. The molecule has 0 bridgehead atoms. The van der Waals surface area contributed by atoms with Gasteiger partial charge in [0, 0.05) is 39.1 Å². The van der Waals surface area contributed by atoms with Crippen molar-refractivity contribution in [1.29, 1.82) is 0 Å². The minimum atomic E-state index is 0. The molecule has 1 unspecified atom stereocenters. The van der Waals surface area contributed by atoms with E-state index in [2.05, 4.69) is 29.9 Å². The van der Waals surface area contributed by atoms with Crippen LogP contribution in [-0.2, 0) is 13.6 Å². The van der Waals surface area contributed by atoms with Crippen molar-refractivity contribution in [3.63, 3.8) is 0 Å². The van der Waals surface area contributed by atoms with Gasteiger partial charge in [-0.15, -0.1) is 12.4 Å². The van der Waals surface area contributed by atoms with Crippen LogP contribution in [0.5, 0.6) is 0 Å². The van der Waals surface area contributed by atoms with E-state index in [1.54, 1.807) is 12.5 Å². The molecule has 0 radical (unpaired) electrons. The van der Waals surface area contributed by atoms with Gasteiger partial charge in [-0.3, -0.25) is 4.90 Å². The van der Waals surface area contributed by atoms with E-state index < -0.39 is 0 Å². The van der Waals surface area contributed by atoms with E-state index in [4.69, 9.17) is 8.94 Å². The molecule has 0 spiro atoms. The molecule has 0 aliphatic carbocycles. The van der Waals surface area contributed by atoms with Crippen LogP contribution in [0.25, 0.3) is 11.4 Å². The minimum absolute atomic E-state index is 0. The number of hydrogen-bond donors (Lipinski definition) is 1. The molecule has 0 saturated carbocycles. The molecular formula is C15H19ClN6O2. The van der Waals surface area contributed by atoms with Crippen LogP contribution >= 0.6 is 12.4 Å². The first-order chi connectivity index (χ1) is 11.3. The van der Waals surface area contributed by atoms with Crippen molar-refractivity contribution in [2.24, 2.45) is 7.05 Å². The van der Waals surface area contributed by atoms with Gasteiger partial charge >= 0.3 is 0 Å². The number of halogens is 1. The van der Waals surface area contributed by atoms with Crippen molar-refractivity contribution in [2.45, 2.75) is 12.6 Å². The third kappa shape index (κ3) is 3.21. The summed E-state index contributed by atoms with van der Waals surface area (Å²) in [6, 6.07) is 2.00. The molecule has 0 amide bonds.